The molecular weight excluding hydrogens is 644 g/mol. The molecule has 4 atom stereocenters. The molecule has 1 fully saturated rings. The molecule has 0 saturated carbocycles. The fourth-order valence-electron chi connectivity index (χ4n) is 6.79. The summed E-state index contributed by atoms with van der Waals surface area (Å²) in [5.41, 5.74) is -4.60. The highest BCUT2D eigenvalue weighted by Gasteiger charge is 2.47. The summed E-state index contributed by atoms with van der Waals surface area (Å²) in [6.45, 7) is 2.33. The summed E-state index contributed by atoms with van der Waals surface area (Å²) >= 11 is 0. The lowest BCUT2D eigenvalue weighted by molar-refractivity contribution is -0.116. The van der Waals surface area contributed by atoms with Crippen LogP contribution in [0.15, 0.2) is 36.4 Å². The Labute approximate surface area is 275 Å². The van der Waals surface area contributed by atoms with Crippen LogP contribution >= 0.6 is 0 Å². The van der Waals surface area contributed by atoms with Gasteiger partial charge in [0.25, 0.3) is 0 Å². The van der Waals surface area contributed by atoms with Crippen molar-refractivity contribution in [2.24, 2.45) is 0 Å². The highest BCUT2D eigenvalue weighted by Crippen LogP contribution is 2.53. The summed E-state index contributed by atoms with van der Waals surface area (Å²) in [7, 11) is 0. The zero-order valence-electron chi connectivity index (χ0n) is 25.5. The number of phenols is 5. The molecule has 0 radical (unpaired) electrons. The summed E-state index contributed by atoms with van der Waals surface area (Å²) < 4.78 is 11.3. The van der Waals surface area contributed by atoms with Gasteiger partial charge in [0.1, 0.15) is 52.8 Å². The van der Waals surface area contributed by atoms with E-state index in [1.54, 1.807) is 0 Å². The SMILES string of the molecule is Cc1cc(O)c2c(c1)C(=O)c1c(c(O)cc(O)c1-c1c(O[C@H]3O[C@@H](CO)[C@@H](O)[C@@H]3O)cc(O)c3c1C(=O)c1cc(C)cc(O)c1C3=O)C2=O. The molecule has 4 aromatic carbocycles. The third-order valence-corrected chi connectivity index (χ3v) is 8.92. The van der Waals surface area contributed by atoms with E-state index in [1.165, 1.54) is 38.1 Å². The second-order valence-electron chi connectivity index (χ2n) is 12.1. The molecule has 250 valence electrons. The quantitative estimate of drug-likeness (QED) is 0.133. The van der Waals surface area contributed by atoms with Crippen molar-refractivity contribution >= 4 is 23.1 Å². The number of aryl methyl sites for hydroxylation is 2. The molecule has 0 amide bonds. The zero-order chi connectivity index (χ0) is 35.4. The van der Waals surface area contributed by atoms with Crippen LogP contribution in [-0.4, -0.2) is 95.2 Å². The number of rotatable bonds is 4. The van der Waals surface area contributed by atoms with Gasteiger partial charge in [0, 0.05) is 45.5 Å². The molecule has 7 rings (SSSR count). The van der Waals surface area contributed by atoms with Gasteiger partial charge in [-0.15, -0.1) is 0 Å². The third kappa shape index (κ3) is 4.42. The van der Waals surface area contributed by atoms with E-state index < -0.39 is 133 Å². The topological polar surface area (TPSA) is 249 Å². The molecule has 0 aromatic heterocycles. The Kier molecular flexibility index (Phi) is 7.05. The molecule has 8 N–H and O–H groups in total. The minimum atomic E-state index is -1.82. The number of aromatic hydroxyl groups is 5. The van der Waals surface area contributed by atoms with Crippen LogP contribution in [0.25, 0.3) is 11.1 Å². The monoisotopic (exact) mass is 670 g/mol. The molecule has 0 spiro atoms. The van der Waals surface area contributed by atoms with Gasteiger partial charge in [-0.05, 0) is 49.2 Å². The first-order chi connectivity index (χ1) is 23.2. The van der Waals surface area contributed by atoms with Crippen LogP contribution < -0.4 is 4.74 Å². The number of hydrogen-bond donors (Lipinski definition) is 8. The van der Waals surface area contributed by atoms with Gasteiger partial charge in [-0.2, -0.15) is 0 Å². The molecule has 14 heteroatoms. The van der Waals surface area contributed by atoms with E-state index in [1.807, 2.05) is 0 Å². The molecule has 1 aliphatic heterocycles. The van der Waals surface area contributed by atoms with Crippen LogP contribution in [0.3, 0.4) is 0 Å². The molecular formula is C35H26O14. The molecule has 2 aliphatic carbocycles. The highest BCUT2D eigenvalue weighted by molar-refractivity contribution is 6.35. The van der Waals surface area contributed by atoms with E-state index >= 15 is 0 Å². The first kappa shape index (κ1) is 31.8. The van der Waals surface area contributed by atoms with Crippen LogP contribution in [0.1, 0.15) is 74.8 Å². The Morgan fingerprint density at radius 1 is 0.551 bits per heavy atom. The Bertz CT molecular complexity index is 2220. The van der Waals surface area contributed by atoms with Crippen molar-refractivity contribution in [3.05, 3.63) is 92.0 Å². The predicted octanol–water partition coefficient (Wildman–Crippen LogP) is 1.87. The normalized spacial score (nSPS) is 20.9. The molecule has 49 heavy (non-hydrogen) atoms. The second-order valence-corrected chi connectivity index (χ2v) is 12.1. The third-order valence-electron chi connectivity index (χ3n) is 8.92. The Balaban J connectivity index is 1.59. The number of fused-ring (bicyclic) bond motifs is 4. The minimum absolute atomic E-state index is 0.312. The second kappa shape index (κ2) is 10.9. The van der Waals surface area contributed by atoms with Crippen molar-refractivity contribution in [1.29, 1.82) is 0 Å². The molecule has 1 saturated heterocycles. The van der Waals surface area contributed by atoms with Gasteiger partial charge in [0.2, 0.25) is 17.9 Å². The van der Waals surface area contributed by atoms with Gasteiger partial charge in [-0.1, -0.05) is 0 Å². The lowest BCUT2D eigenvalue weighted by atomic mass is 9.74. The maximum atomic E-state index is 14.4. The van der Waals surface area contributed by atoms with Gasteiger partial charge in [-0.25, -0.2) is 0 Å². The fourth-order valence-corrected chi connectivity index (χ4v) is 6.79. The molecule has 0 bridgehead atoms. The number of ketones is 4. The van der Waals surface area contributed by atoms with Crippen molar-refractivity contribution in [3.63, 3.8) is 0 Å². The number of hydrogen-bond acceptors (Lipinski definition) is 14. The van der Waals surface area contributed by atoms with Crippen LogP contribution in [-0.2, 0) is 4.74 Å². The number of carbonyl (C=O) groups excluding carboxylic acids is 4. The molecule has 14 nitrogen and oxygen atoms in total. The first-order valence-corrected chi connectivity index (χ1v) is 14.8. The molecule has 3 aliphatic rings. The number of benzene rings is 4. The summed E-state index contributed by atoms with van der Waals surface area (Å²) in [6.07, 6.45) is -6.60. The first-order valence-electron chi connectivity index (χ1n) is 14.8. The van der Waals surface area contributed by atoms with Gasteiger partial charge in [0.15, 0.2) is 11.6 Å². The van der Waals surface area contributed by atoms with Crippen LogP contribution in [0, 0.1) is 13.8 Å². The summed E-state index contributed by atoms with van der Waals surface area (Å²) in [5, 5.41) is 85.5. The van der Waals surface area contributed by atoms with Crippen molar-refractivity contribution < 1.29 is 69.5 Å². The minimum Gasteiger partial charge on any atom is -0.507 e. The van der Waals surface area contributed by atoms with Crippen LogP contribution in [0.5, 0.6) is 34.5 Å². The standard InChI is InChI=1S/C35H26O14/c1-10-3-12-21(14(37)5-10)32(45)24-17(40)7-16(39)23(27(24)29(12)42)26-19(48-35-34(47)31(44)20(9-36)49-35)8-18(41)25-28(26)30(43)13-4-11(2)6-15(38)22(13)33(25)46/h3-8,20,31,34-41,44,47H,9H2,1-2H3/t20-,31+,34-,35-/m0/s1. The van der Waals surface area contributed by atoms with E-state index in [0.29, 0.717) is 17.2 Å². The number of carbonyl (C=O) groups is 4. The van der Waals surface area contributed by atoms with Crippen molar-refractivity contribution in [2.75, 3.05) is 6.61 Å². The van der Waals surface area contributed by atoms with E-state index in [-0.39, 0.29) is 11.1 Å². The average Bonchev–Trinajstić information content (AvgIpc) is 3.29. The highest BCUT2D eigenvalue weighted by atomic mass is 16.7. The number of aliphatic hydroxyl groups is 3. The van der Waals surface area contributed by atoms with Crippen LogP contribution in [0.4, 0.5) is 0 Å². The lowest BCUT2D eigenvalue weighted by Gasteiger charge is -2.28. The Hall–Kier alpha value is -5.80. The predicted molar refractivity (Wildman–Crippen MR) is 165 cm³/mol. The largest absolute Gasteiger partial charge is 0.507 e. The van der Waals surface area contributed by atoms with E-state index in [4.69, 9.17) is 9.47 Å². The van der Waals surface area contributed by atoms with E-state index in [0.717, 1.165) is 6.07 Å². The van der Waals surface area contributed by atoms with Crippen molar-refractivity contribution in [1.82, 2.24) is 0 Å². The van der Waals surface area contributed by atoms with Crippen LogP contribution in [0.2, 0.25) is 0 Å². The number of aliphatic hydroxyl groups excluding tert-OH is 3. The van der Waals surface area contributed by atoms with E-state index in [9.17, 15) is 60.0 Å². The average molecular weight is 671 g/mol. The Morgan fingerprint density at radius 3 is 1.49 bits per heavy atom. The summed E-state index contributed by atoms with van der Waals surface area (Å²) in [4.78, 5) is 56.4. The van der Waals surface area contributed by atoms with Gasteiger partial charge < -0.3 is 50.3 Å². The molecule has 4 aromatic rings. The molecule has 1 heterocycles. The van der Waals surface area contributed by atoms with Crippen molar-refractivity contribution in [2.45, 2.75) is 38.4 Å². The van der Waals surface area contributed by atoms with Gasteiger partial charge in [0.05, 0.1) is 28.9 Å². The van der Waals surface area contributed by atoms with E-state index in [2.05, 4.69) is 0 Å². The lowest BCUT2D eigenvalue weighted by Crippen LogP contribution is -2.35. The maximum Gasteiger partial charge on any atom is 0.229 e. The van der Waals surface area contributed by atoms with Crippen molar-refractivity contribution in [3.8, 4) is 45.6 Å². The smallest absolute Gasteiger partial charge is 0.229 e. The Morgan fingerprint density at radius 2 is 1.00 bits per heavy atom. The number of ether oxygens (including phenoxy) is 2. The van der Waals surface area contributed by atoms with Gasteiger partial charge >= 0.3 is 0 Å². The zero-order valence-corrected chi connectivity index (χ0v) is 25.5. The van der Waals surface area contributed by atoms with Gasteiger partial charge in [-0.3, -0.25) is 19.2 Å². The summed E-state index contributed by atoms with van der Waals surface area (Å²) in [5.74, 6) is -8.39. The summed E-state index contributed by atoms with van der Waals surface area (Å²) in [6, 6.07) is 6.55. The maximum absolute atomic E-state index is 14.4. The molecule has 0 unspecified atom stereocenters. The number of phenolic OH excluding ortho intramolecular Hbond substituents is 5. The fraction of sp³-hybridized carbons (Fsp3) is 0.200.